The molecule has 0 saturated heterocycles. The molecule has 0 amide bonds. The van der Waals surface area contributed by atoms with Gasteiger partial charge in [0.05, 0.1) is 29.8 Å². The number of fused-ring (bicyclic) bond motifs is 3. The lowest BCUT2D eigenvalue weighted by Crippen LogP contribution is -2.34. The first-order chi connectivity index (χ1) is 24.4. The van der Waals surface area contributed by atoms with Gasteiger partial charge in [0.1, 0.15) is 25.0 Å². The topological polar surface area (TPSA) is 74.0 Å². The largest absolute Gasteiger partial charge is 0.494 e. The summed E-state index contributed by atoms with van der Waals surface area (Å²) in [5, 5.41) is 5.05. The first kappa shape index (κ1) is 37.4. The molecule has 2 aliphatic carbocycles. The van der Waals surface area contributed by atoms with Crippen molar-refractivity contribution in [2.75, 3.05) is 38.2 Å². The van der Waals surface area contributed by atoms with E-state index in [2.05, 4.69) is 75.0 Å². The Bertz CT molecular complexity index is 1730. The van der Waals surface area contributed by atoms with Crippen molar-refractivity contribution in [3.05, 3.63) is 72.7 Å². The molecule has 10 heteroatoms. The fraction of sp³-hybridized carbons (Fsp3) is 0.537. The lowest BCUT2D eigenvalue weighted by atomic mass is 9.78. The molecule has 6 rings (SSSR count). The third-order valence-electron chi connectivity index (χ3n) is 10.5. The van der Waals surface area contributed by atoms with Crippen LogP contribution in [0.1, 0.15) is 56.2 Å². The molecule has 3 aromatic heterocycles. The SMILES string of the molecule is C=C(OCC)c1c(C2C[C@H]3CC[C@@H](C2)C3)nc2c(-c3ccc(-c4ccccc4)nc3)cnn2c1N(COCC[Si](C)(C)C)COCC[Si](C)(C)C. The normalized spacial score (nSPS) is 19.1. The summed E-state index contributed by atoms with van der Waals surface area (Å²) in [5.41, 5.74) is 6.79. The lowest BCUT2D eigenvalue weighted by Gasteiger charge is -2.33. The van der Waals surface area contributed by atoms with Crippen molar-refractivity contribution in [2.24, 2.45) is 11.8 Å². The van der Waals surface area contributed by atoms with Crippen LogP contribution >= 0.6 is 0 Å². The molecular weight excluding hydrogens is 667 g/mol. The van der Waals surface area contributed by atoms with Gasteiger partial charge in [0, 0.05) is 58.2 Å². The second kappa shape index (κ2) is 16.1. The zero-order valence-corrected chi connectivity index (χ0v) is 34.1. The van der Waals surface area contributed by atoms with Crippen molar-refractivity contribution in [3.8, 4) is 22.4 Å². The monoisotopic (exact) mass is 725 g/mol. The highest BCUT2D eigenvalue weighted by Gasteiger charge is 2.38. The molecule has 274 valence electrons. The van der Waals surface area contributed by atoms with Gasteiger partial charge in [-0.1, -0.05) is 95.1 Å². The van der Waals surface area contributed by atoms with E-state index in [1.807, 2.05) is 42.0 Å². The Morgan fingerprint density at radius 1 is 0.843 bits per heavy atom. The predicted molar refractivity (Wildman–Crippen MR) is 216 cm³/mol. The van der Waals surface area contributed by atoms with Crippen LogP contribution in [0.5, 0.6) is 0 Å². The number of rotatable bonds is 17. The molecule has 2 bridgehead atoms. The average Bonchev–Trinajstić information content (AvgIpc) is 3.68. The summed E-state index contributed by atoms with van der Waals surface area (Å²) in [7, 11) is -2.56. The Morgan fingerprint density at radius 3 is 2.06 bits per heavy atom. The molecular formula is C41H59N5O3Si2. The Balaban J connectivity index is 1.48. The van der Waals surface area contributed by atoms with E-state index in [1.54, 1.807) is 0 Å². The zero-order chi connectivity index (χ0) is 36.2. The van der Waals surface area contributed by atoms with E-state index in [1.165, 1.54) is 19.3 Å². The highest BCUT2D eigenvalue weighted by molar-refractivity contribution is 6.76. The molecule has 2 fully saturated rings. The van der Waals surface area contributed by atoms with Gasteiger partial charge in [-0.25, -0.2) is 4.98 Å². The Hall–Kier alpha value is -3.32. The quantitative estimate of drug-likeness (QED) is 0.0464. The maximum atomic E-state index is 6.49. The molecule has 0 N–H and O–H groups in total. The van der Waals surface area contributed by atoms with Gasteiger partial charge in [0.15, 0.2) is 5.65 Å². The van der Waals surface area contributed by atoms with Gasteiger partial charge < -0.3 is 19.1 Å². The van der Waals surface area contributed by atoms with E-state index >= 15 is 0 Å². The molecule has 3 heterocycles. The van der Waals surface area contributed by atoms with Crippen LogP contribution in [-0.4, -0.2) is 69.0 Å². The Morgan fingerprint density at radius 2 is 1.49 bits per heavy atom. The van der Waals surface area contributed by atoms with Crippen LogP contribution in [0.2, 0.25) is 51.4 Å². The Kier molecular flexibility index (Phi) is 11.9. The van der Waals surface area contributed by atoms with Crippen LogP contribution in [0.3, 0.4) is 0 Å². The average molecular weight is 726 g/mol. The minimum Gasteiger partial charge on any atom is -0.494 e. The van der Waals surface area contributed by atoms with Gasteiger partial charge in [-0.3, -0.25) is 4.98 Å². The van der Waals surface area contributed by atoms with Crippen LogP contribution in [0.4, 0.5) is 5.82 Å². The maximum Gasteiger partial charge on any atom is 0.165 e. The first-order valence-corrected chi connectivity index (χ1v) is 26.5. The maximum absolute atomic E-state index is 6.49. The highest BCUT2D eigenvalue weighted by atomic mass is 28.3. The standard InChI is InChI=1S/C41H59N5O3Si2/c1-9-49-30(2)38-39(35-24-31-15-16-32(23-31)25-35)44-40-36(34-17-18-37(42-26-34)33-13-11-10-12-14-33)27-43-46(40)41(38)45(28-47-19-21-50(3,4)5)29-48-20-22-51(6,7)8/h10-14,17-18,26-27,31-32,35H,2,9,15-16,19-25,28-29H2,1,3-8H3/t31-,32+,35?. The molecule has 1 unspecified atom stereocenters. The summed E-state index contributed by atoms with van der Waals surface area (Å²) < 4.78 is 21.2. The van der Waals surface area contributed by atoms with Crippen molar-refractivity contribution >= 4 is 33.4 Å². The van der Waals surface area contributed by atoms with E-state index in [-0.39, 0.29) is 0 Å². The summed E-state index contributed by atoms with van der Waals surface area (Å²) >= 11 is 0. The summed E-state index contributed by atoms with van der Waals surface area (Å²) in [5.74, 6) is 3.32. The van der Waals surface area contributed by atoms with Crippen LogP contribution in [0.15, 0.2) is 61.4 Å². The zero-order valence-electron chi connectivity index (χ0n) is 32.1. The van der Waals surface area contributed by atoms with Gasteiger partial charge in [-0.05, 0) is 56.2 Å². The third-order valence-corrected chi connectivity index (χ3v) is 13.9. The van der Waals surface area contributed by atoms with Gasteiger partial charge in [-0.2, -0.15) is 9.61 Å². The fourth-order valence-corrected chi connectivity index (χ4v) is 9.14. The molecule has 0 aliphatic heterocycles. The smallest absolute Gasteiger partial charge is 0.165 e. The highest BCUT2D eigenvalue weighted by Crippen LogP contribution is 2.50. The number of ether oxygens (including phenoxy) is 3. The van der Waals surface area contributed by atoms with Crippen molar-refractivity contribution < 1.29 is 14.2 Å². The fourth-order valence-electron chi connectivity index (χ4n) is 7.63. The van der Waals surface area contributed by atoms with Crippen molar-refractivity contribution in [3.63, 3.8) is 0 Å². The molecule has 3 atom stereocenters. The number of pyridine rings is 1. The van der Waals surface area contributed by atoms with Crippen molar-refractivity contribution in [1.82, 2.24) is 19.6 Å². The van der Waals surface area contributed by atoms with Crippen molar-refractivity contribution in [2.45, 2.75) is 96.3 Å². The van der Waals surface area contributed by atoms with E-state index in [4.69, 9.17) is 29.3 Å². The van der Waals surface area contributed by atoms with E-state index in [0.717, 1.165) is 81.9 Å². The second-order valence-corrected chi connectivity index (χ2v) is 28.3. The van der Waals surface area contributed by atoms with Crippen LogP contribution in [0, 0.1) is 11.8 Å². The molecule has 2 saturated carbocycles. The van der Waals surface area contributed by atoms with E-state index in [9.17, 15) is 0 Å². The number of anilines is 1. The minimum atomic E-state index is -1.28. The molecule has 51 heavy (non-hydrogen) atoms. The van der Waals surface area contributed by atoms with Gasteiger partial charge in [0.25, 0.3) is 0 Å². The molecule has 8 nitrogen and oxygen atoms in total. The van der Waals surface area contributed by atoms with Gasteiger partial charge in [0.2, 0.25) is 0 Å². The first-order valence-electron chi connectivity index (χ1n) is 19.1. The molecule has 1 aromatic carbocycles. The summed E-state index contributed by atoms with van der Waals surface area (Å²) in [6.07, 6.45) is 10.1. The molecule has 0 radical (unpaired) electrons. The number of hydrogen-bond donors (Lipinski definition) is 0. The van der Waals surface area contributed by atoms with Crippen LogP contribution in [0.25, 0.3) is 33.8 Å². The number of nitrogens with zero attached hydrogens (tertiary/aromatic N) is 5. The molecule has 0 spiro atoms. The van der Waals surface area contributed by atoms with Crippen LogP contribution in [-0.2, 0) is 14.2 Å². The third kappa shape index (κ3) is 9.38. The van der Waals surface area contributed by atoms with E-state index < -0.39 is 16.1 Å². The second-order valence-electron chi connectivity index (χ2n) is 17.1. The van der Waals surface area contributed by atoms with Gasteiger partial charge in [-0.15, -0.1) is 0 Å². The lowest BCUT2D eigenvalue weighted by molar-refractivity contribution is 0.0941. The Labute approximate surface area is 307 Å². The summed E-state index contributed by atoms with van der Waals surface area (Å²) in [4.78, 5) is 12.6. The number of hydrogen-bond acceptors (Lipinski definition) is 7. The van der Waals surface area contributed by atoms with Crippen molar-refractivity contribution in [1.29, 1.82) is 0 Å². The van der Waals surface area contributed by atoms with E-state index in [0.29, 0.717) is 45.0 Å². The number of benzene rings is 1. The predicted octanol–water partition coefficient (Wildman–Crippen LogP) is 10.2. The summed E-state index contributed by atoms with van der Waals surface area (Å²) in [6, 6.07) is 16.7. The molecule has 2 aliphatic rings. The molecule has 4 aromatic rings. The van der Waals surface area contributed by atoms with Gasteiger partial charge >= 0.3 is 0 Å². The number of aromatic nitrogens is 4. The summed E-state index contributed by atoms with van der Waals surface area (Å²) in [6.45, 7) is 23.6. The minimum absolute atomic E-state index is 0.316. The van der Waals surface area contributed by atoms with Crippen LogP contribution < -0.4 is 4.90 Å².